The molecule has 108 valence electrons. The molecule has 20 heavy (non-hydrogen) atoms. The number of ether oxygens (including phenoxy) is 2. The zero-order chi connectivity index (χ0) is 14.7. The van der Waals surface area contributed by atoms with Gasteiger partial charge in [0.05, 0.1) is 19.8 Å². The summed E-state index contributed by atoms with van der Waals surface area (Å²) in [6.45, 7) is 0. The van der Waals surface area contributed by atoms with E-state index in [0.29, 0.717) is 30.6 Å². The summed E-state index contributed by atoms with van der Waals surface area (Å²) in [7, 11) is 2.87. The Labute approximate surface area is 117 Å². The zero-order valence-corrected chi connectivity index (χ0v) is 11.6. The number of carbonyl (C=O) groups excluding carboxylic acids is 2. The lowest BCUT2D eigenvalue weighted by Crippen LogP contribution is -2.24. The maximum Gasteiger partial charge on any atom is 0.305 e. The molecule has 0 aliphatic heterocycles. The number of hydrogen-bond donors (Lipinski definition) is 1. The van der Waals surface area contributed by atoms with Gasteiger partial charge in [-0.2, -0.15) is 0 Å². The van der Waals surface area contributed by atoms with E-state index < -0.39 is 0 Å². The minimum atomic E-state index is -0.321. The van der Waals surface area contributed by atoms with Crippen LogP contribution in [-0.4, -0.2) is 31.1 Å². The average Bonchev–Trinajstić information content (AvgIpc) is 2.46. The molecule has 0 fully saturated rings. The monoisotopic (exact) mass is 278 g/mol. The van der Waals surface area contributed by atoms with Crippen molar-refractivity contribution >= 4 is 11.8 Å². The fourth-order valence-corrected chi connectivity index (χ4v) is 2.65. The highest BCUT2D eigenvalue weighted by atomic mass is 16.5. The second-order valence-corrected chi connectivity index (χ2v) is 4.86. The lowest BCUT2D eigenvalue weighted by molar-refractivity contribution is -0.140. The highest BCUT2D eigenvalue weighted by Crippen LogP contribution is 2.38. The number of esters is 1. The number of aromatic hydroxyl groups is 1. The molecule has 0 saturated heterocycles. The Morgan fingerprint density at radius 2 is 2.15 bits per heavy atom. The molecule has 0 radical (unpaired) electrons. The number of methoxy groups -OCH3 is 2. The number of phenols is 1. The lowest BCUT2D eigenvalue weighted by atomic mass is 9.79. The summed E-state index contributed by atoms with van der Waals surface area (Å²) in [6.07, 6.45) is 1.97. The number of benzene rings is 1. The summed E-state index contributed by atoms with van der Waals surface area (Å²) in [5, 5.41) is 9.92. The van der Waals surface area contributed by atoms with Crippen molar-refractivity contribution in [1.29, 1.82) is 0 Å². The average molecular weight is 278 g/mol. The molecule has 0 spiro atoms. The van der Waals surface area contributed by atoms with Gasteiger partial charge in [0.1, 0.15) is 11.5 Å². The third-order valence-electron chi connectivity index (χ3n) is 3.75. The van der Waals surface area contributed by atoms with Gasteiger partial charge in [-0.1, -0.05) is 0 Å². The van der Waals surface area contributed by atoms with Gasteiger partial charge in [0.15, 0.2) is 5.78 Å². The van der Waals surface area contributed by atoms with Crippen LogP contribution in [0.4, 0.5) is 0 Å². The summed E-state index contributed by atoms with van der Waals surface area (Å²) in [5.74, 6) is -0.0873. The molecular weight excluding hydrogens is 260 g/mol. The molecule has 0 unspecified atom stereocenters. The van der Waals surface area contributed by atoms with Gasteiger partial charge < -0.3 is 14.6 Å². The molecule has 0 amide bonds. The molecule has 1 aromatic carbocycles. The summed E-state index contributed by atoms with van der Waals surface area (Å²) >= 11 is 0. The van der Waals surface area contributed by atoms with Gasteiger partial charge in [0, 0.05) is 17.9 Å². The minimum Gasteiger partial charge on any atom is -0.507 e. The third kappa shape index (κ3) is 2.61. The van der Waals surface area contributed by atoms with E-state index in [0.717, 1.165) is 5.56 Å². The lowest BCUT2D eigenvalue weighted by Gasteiger charge is -2.25. The van der Waals surface area contributed by atoms with Gasteiger partial charge in [-0.05, 0) is 31.4 Å². The number of Topliss-reactive ketones (excluding diaryl/α,β-unsaturated/α-hetero) is 1. The largest absolute Gasteiger partial charge is 0.507 e. The van der Waals surface area contributed by atoms with E-state index in [4.69, 9.17) is 4.74 Å². The SMILES string of the molecule is COC(=O)CC[C@H]1CCc2c(OC)ccc(O)c2C1=O. The van der Waals surface area contributed by atoms with E-state index >= 15 is 0 Å². The molecule has 0 saturated carbocycles. The molecule has 0 heterocycles. The maximum absolute atomic E-state index is 12.4. The first kappa shape index (κ1) is 14.4. The topological polar surface area (TPSA) is 72.8 Å². The predicted molar refractivity (Wildman–Crippen MR) is 72.1 cm³/mol. The Morgan fingerprint density at radius 3 is 2.80 bits per heavy atom. The van der Waals surface area contributed by atoms with Crippen LogP contribution in [0.5, 0.6) is 11.5 Å². The number of hydrogen-bond acceptors (Lipinski definition) is 5. The molecule has 1 aromatic rings. The van der Waals surface area contributed by atoms with Gasteiger partial charge in [-0.3, -0.25) is 9.59 Å². The predicted octanol–water partition coefficient (Wildman–Crippen LogP) is 2.10. The summed E-state index contributed by atoms with van der Waals surface area (Å²) in [5.41, 5.74) is 1.09. The Morgan fingerprint density at radius 1 is 1.40 bits per heavy atom. The van der Waals surface area contributed by atoms with Crippen LogP contribution in [0, 0.1) is 5.92 Å². The first-order valence-electron chi connectivity index (χ1n) is 6.58. The van der Waals surface area contributed by atoms with Crippen LogP contribution in [0.2, 0.25) is 0 Å². The van der Waals surface area contributed by atoms with Crippen molar-refractivity contribution in [2.24, 2.45) is 5.92 Å². The summed E-state index contributed by atoms with van der Waals surface area (Å²) in [6, 6.07) is 3.13. The first-order valence-corrected chi connectivity index (χ1v) is 6.58. The highest BCUT2D eigenvalue weighted by Gasteiger charge is 2.32. The van der Waals surface area contributed by atoms with Gasteiger partial charge >= 0.3 is 5.97 Å². The van der Waals surface area contributed by atoms with Crippen LogP contribution in [0.25, 0.3) is 0 Å². The first-order chi connectivity index (χ1) is 9.58. The van der Waals surface area contributed by atoms with Gasteiger partial charge in [0.2, 0.25) is 0 Å². The van der Waals surface area contributed by atoms with E-state index in [1.54, 1.807) is 13.2 Å². The quantitative estimate of drug-likeness (QED) is 0.854. The Balaban J connectivity index is 2.23. The molecular formula is C15H18O5. The Hall–Kier alpha value is -2.04. The molecule has 0 aromatic heterocycles. The van der Waals surface area contributed by atoms with E-state index in [1.165, 1.54) is 13.2 Å². The van der Waals surface area contributed by atoms with Gasteiger partial charge in [0.25, 0.3) is 0 Å². The third-order valence-corrected chi connectivity index (χ3v) is 3.75. The molecule has 1 aliphatic rings. The van der Waals surface area contributed by atoms with E-state index in [9.17, 15) is 14.7 Å². The van der Waals surface area contributed by atoms with Crippen molar-refractivity contribution in [2.45, 2.75) is 25.7 Å². The molecule has 1 atom stereocenters. The number of ketones is 1. The molecule has 5 nitrogen and oxygen atoms in total. The number of carbonyl (C=O) groups is 2. The van der Waals surface area contributed by atoms with Crippen LogP contribution in [0.3, 0.4) is 0 Å². The summed E-state index contributed by atoms with van der Waals surface area (Å²) < 4.78 is 9.82. The smallest absolute Gasteiger partial charge is 0.305 e. The highest BCUT2D eigenvalue weighted by molar-refractivity contribution is 6.03. The van der Waals surface area contributed by atoms with Crippen LogP contribution < -0.4 is 4.74 Å². The molecule has 5 heteroatoms. The van der Waals surface area contributed by atoms with Crippen molar-refractivity contribution in [3.05, 3.63) is 23.3 Å². The van der Waals surface area contributed by atoms with Crippen molar-refractivity contribution in [3.63, 3.8) is 0 Å². The molecule has 2 rings (SSSR count). The minimum absolute atomic E-state index is 0.0198. The van der Waals surface area contributed by atoms with Crippen molar-refractivity contribution < 1.29 is 24.2 Å². The number of fused-ring (bicyclic) bond motifs is 1. The number of rotatable bonds is 4. The zero-order valence-electron chi connectivity index (χ0n) is 11.6. The second-order valence-electron chi connectivity index (χ2n) is 4.86. The van der Waals surface area contributed by atoms with Crippen molar-refractivity contribution in [3.8, 4) is 11.5 Å². The normalized spacial score (nSPS) is 17.5. The van der Waals surface area contributed by atoms with Crippen molar-refractivity contribution in [2.75, 3.05) is 14.2 Å². The standard InChI is InChI=1S/C15H18O5/c1-19-12-7-6-11(16)14-10(12)5-3-9(15(14)18)4-8-13(17)20-2/h6-7,9,16H,3-5,8H2,1-2H3/t9-/m1/s1. The Kier molecular flexibility index (Phi) is 4.27. The molecule has 1 N–H and O–H groups in total. The second kappa shape index (κ2) is 5.94. The number of phenolic OH excluding ortho intramolecular Hbond substituents is 1. The maximum atomic E-state index is 12.4. The van der Waals surface area contributed by atoms with Crippen LogP contribution >= 0.6 is 0 Å². The van der Waals surface area contributed by atoms with Crippen molar-refractivity contribution in [1.82, 2.24) is 0 Å². The fourth-order valence-electron chi connectivity index (χ4n) is 2.65. The van der Waals surface area contributed by atoms with Crippen LogP contribution in [0.1, 0.15) is 35.2 Å². The van der Waals surface area contributed by atoms with Crippen LogP contribution in [0.15, 0.2) is 12.1 Å². The van der Waals surface area contributed by atoms with E-state index in [1.807, 2.05) is 0 Å². The van der Waals surface area contributed by atoms with E-state index in [-0.39, 0.29) is 29.8 Å². The van der Waals surface area contributed by atoms with Gasteiger partial charge in [-0.15, -0.1) is 0 Å². The van der Waals surface area contributed by atoms with Crippen LogP contribution in [-0.2, 0) is 16.0 Å². The Bertz CT molecular complexity index is 535. The van der Waals surface area contributed by atoms with Gasteiger partial charge in [-0.25, -0.2) is 0 Å². The fraction of sp³-hybridized carbons (Fsp3) is 0.467. The molecule has 1 aliphatic carbocycles. The van der Waals surface area contributed by atoms with E-state index in [2.05, 4.69) is 4.74 Å². The summed E-state index contributed by atoms with van der Waals surface area (Å²) in [4.78, 5) is 23.6. The molecule has 0 bridgehead atoms.